The number of anilines is 1. The average molecular weight is 448 g/mol. The standard InChI is InChI=1S/C15H9BrCl2N2O3S/c16-7-4-5-11(9(6-7)14(22)23)19-15(24)20-13(21)8-2-1-3-10(17)12(8)18/h1-6H,(H,22,23)(H2,19,20,21,24). The molecule has 0 radical (unpaired) electrons. The highest BCUT2D eigenvalue weighted by Gasteiger charge is 2.16. The maximum atomic E-state index is 12.2. The van der Waals surface area contributed by atoms with E-state index in [2.05, 4.69) is 26.6 Å². The summed E-state index contributed by atoms with van der Waals surface area (Å²) in [6, 6.07) is 9.22. The zero-order valence-corrected chi connectivity index (χ0v) is 15.7. The van der Waals surface area contributed by atoms with Crippen LogP contribution in [-0.2, 0) is 0 Å². The minimum atomic E-state index is -1.13. The molecule has 2 aromatic rings. The topological polar surface area (TPSA) is 78.4 Å². The van der Waals surface area contributed by atoms with Crippen LogP contribution in [0, 0.1) is 0 Å². The predicted octanol–water partition coefficient (Wildman–Crippen LogP) is 4.58. The predicted molar refractivity (Wildman–Crippen MR) is 101 cm³/mol. The van der Waals surface area contributed by atoms with Gasteiger partial charge in [0.25, 0.3) is 5.91 Å². The second-order valence-electron chi connectivity index (χ2n) is 4.50. The number of halogens is 3. The van der Waals surface area contributed by atoms with Crippen molar-refractivity contribution in [3.63, 3.8) is 0 Å². The van der Waals surface area contributed by atoms with Gasteiger partial charge in [-0.05, 0) is 42.5 Å². The summed E-state index contributed by atoms with van der Waals surface area (Å²) in [6.07, 6.45) is 0. The zero-order chi connectivity index (χ0) is 17.9. The van der Waals surface area contributed by atoms with Gasteiger partial charge in [-0.1, -0.05) is 45.2 Å². The van der Waals surface area contributed by atoms with Crippen LogP contribution in [-0.4, -0.2) is 22.1 Å². The normalized spacial score (nSPS) is 10.1. The van der Waals surface area contributed by atoms with Gasteiger partial charge in [-0.2, -0.15) is 0 Å². The largest absolute Gasteiger partial charge is 0.478 e. The van der Waals surface area contributed by atoms with Crippen molar-refractivity contribution in [2.45, 2.75) is 0 Å². The molecule has 0 spiro atoms. The summed E-state index contributed by atoms with van der Waals surface area (Å²) in [5, 5.41) is 14.6. The molecule has 124 valence electrons. The molecular weight excluding hydrogens is 439 g/mol. The number of amides is 1. The molecule has 0 atom stereocenters. The molecule has 0 aliphatic carbocycles. The van der Waals surface area contributed by atoms with Crippen LogP contribution in [0.25, 0.3) is 0 Å². The first-order valence-corrected chi connectivity index (χ1v) is 8.34. The van der Waals surface area contributed by atoms with Crippen molar-refractivity contribution in [1.29, 1.82) is 0 Å². The Balaban J connectivity index is 2.15. The molecule has 9 heteroatoms. The Kier molecular flexibility index (Phi) is 6.17. The summed E-state index contributed by atoms with van der Waals surface area (Å²) < 4.78 is 0.603. The molecule has 0 aliphatic rings. The fraction of sp³-hybridized carbons (Fsp3) is 0. The first-order chi connectivity index (χ1) is 11.3. The Morgan fingerprint density at radius 2 is 1.83 bits per heavy atom. The van der Waals surface area contributed by atoms with Crippen molar-refractivity contribution in [3.05, 3.63) is 62.0 Å². The number of hydrogen-bond acceptors (Lipinski definition) is 3. The quantitative estimate of drug-likeness (QED) is 0.600. The third kappa shape index (κ3) is 4.45. The minimum Gasteiger partial charge on any atom is -0.478 e. The summed E-state index contributed by atoms with van der Waals surface area (Å²) in [4.78, 5) is 23.4. The average Bonchev–Trinajstić information content (AvgIpc) is 2.51. The van der Waals surface area contributed by atoms with E-state index in [9.17, 15) is 14.7 Å². The van der Waals surface area contributed by atoms with E-state index in [1.807, 2.05) is 0 Å². The molecule has 24 heavy (non-hydrogen) atoms. The van der Waals surface area contributed by atoms with E-state index in [-0.39, 0.29) is 32.0 Å². The molecule has 0 aliphatic heterocycles. The Labute approximate surface area is 161 Å². The third-order valence-electron chi connectivity index (χ3n) is 2.88. The highest BCUT2D eigenvalue weighted by atomic mass is 79.9. The number of benzene rings is 2. The fourth-order valence-electron chi connectivity index (χ4n) is 1.81. The van der Waals surface area contributed by atoms with Crippen molar-refractivity contribution in [1.82, 2.24) is 5.32 Å². The summed E-state index contributed by atoms with van der Waals surface area (Å²) in [7, 11) is 0. The monoisotopic (exact) mass is 446 g/mol. The lowest BCUT2D eigenvalue weighted by Gasteiger charge is -2.12. The molecule has 0 unspecified atom stereocenters. The molecule has 0 fully saturated rings. The van der Waals surface area contributed by atoms with Crippen LogP contribution in [0.1, 0.15) is 20.7 Å². The number of hydrogen-bond donors (Lipinski definition) is 3. The second kappa shape index (κ2) is 7.94. The van der Waals surface area contributed by atoms with Crippen molar-refractivity contribution >= 4 is 74.0 Å². The molecule has 5 nitrogen and oxygen atoms in total. The van der Waals surface area contributed by atoms with Gasteiger partial charge in [0.15, 0.2) is 5.11 Å². The van der Waals surface area contributed by atoms with Crippen molar-refractivity contribution in [2.75, 3.05) is 5.32 Å². The van der Waals surface area contributed by atoms with Crippen molar-refractivity contribution < 1.29 is 14.7 Å². The summed E-state index contributed by atoms with van der Waals surface area (Å²) in [5.41, 5.74) is 0.400. The fourth-order valence-corrected chi connectivity index (χ4v) is 2.76. The van der Waals surface area contributed by atoms with Crippen LogP contribution in [0.3, 0.4) is 0 Å². The molecule has 2 aromatic carbocycles. The van der Waals surface area contributed by atoms with E-state index < -0.39 is 11.9 Å². The van der Waals surface area contributed by atoms with E-state index in [4.69, 9.17) is 35.4 Å². The van der Waals surface area contributed by atoms with Gasteiger partial charge < -0.3 is 10.4 Å². The smallest absolute Gasteiger partial charge is 0.337 e. The van der Waals surface area contributed by atoms with Gasteiger partial charge in [-0.25, -0.2) is 4.79 Å². The molecule has 0 heterocycles. The van der Waals surface area contributed by atoms with E-state index >= 15 is 0 Å². The maximum absolute atomic E-state index is 12.2. The zero-order valence-electron chi connectivity index (χ0n) is 11.8. The van der Waals surface area contributed by atoms with Crippen LogP contribution >= 0.6 is 51.3 Å². The Morgan fingerprint density at radius 1 is 1.12 bits per heavy atom. The van der Waals surface area contributed by atoms with Crippen LogP contribution in [0.5, 0.6) is 0 Å². The molecule has 3 N–H and O–H groups in total. The van der Waals surface area contributed by atoms with E-state index in [1.165, 1.54) is 18.2 Å². The lowest BCUT2D eigenvalue weighted by atomic mass is 10.2. The van der Waals surface area contributed by atoms with Gasteiger partial charge in [0, 0.05) is 4.47 Å². The van der Waals surface area contributed by atoms with Crippen molar-refractivity contribution in [2.24, 2.45) is 0 Å². The molecule has 2 rings (SSSR count). The highest BCUT2D eigenvalue weighted by Crippen LogP contribution is 2.25. The summed E-state index contributed by atoms with van der Waals surface area (Å²) in [6.45, 7) is 0. The minimum absolute atomic E-state index is 0.00163. The van der Waals surface area contributed by atoms with E-state index in [1.54, 1.807) is 18.2 Å². The molecular formula is C15H9BrCl2N2O3S. The van der Waals surface area contributed by atoms with E-state index in [0.717, 1.165) is 0 Å². The Hall–Kier alpha value is -1.67. The number of carbonyl (C=O) groups excluding carboxylic acids is 1. The lowest BCUT2D eigenvalue weighted by Crippen LogP contribution is -2.34. The highest BCUT2D eigenvalue weighted by molar-refractivity contribution is 9.10. The van der Waals surface area contributed by atoms with Crippen molar-refractivity contribution in [3.8, 4) is 0 Å². The van der Waals surface area contributed by atoms with Gasteiger partial charge >= 0.3 is 5.97 Å². The van der Waals surface area contributed by atoms with Crippen LogP contribution in [0.15, 0.2) is 40.9 Å². The first kappa shape index (κ1) is 18.7. The number of carboxylic acids is 1. The Morgan fingerprint density at radius 3 is 2.50 bits per heavy atom. The third-order valence-corrected chi connectivity index (χ3v) is 4.40. The number of rotatable bonds is 3. The summed E-state index contributed by atoms with van der Waals surface area (Å²) >= 11 is 20.1. The number of carbonyl (C=O) groups is 2. The summed E-state index contributed by atoms with van der Waals surface area (Å²) in [5.74, 6) is -1.69. The van der Waals surface area contributed by atoms with Gasteiger partial charge in [0.1, 0.15) is 0 Å². The van der Waals surface area contributed by atoms with Gasteiger partial charge in [-0.15, -0.1) is 0 Å². The van der Waals surface area contributed by atoms with Crippen LogP contribution in [0.4, 0.5) is 5.69 Å². The molecule has 0 aromatic heterocycles. The van der Waals surface area contributed by atoms with E-state index in [0.29, 0.717) is 4.47 Å². The maximum Gasteiger partial charge on any atom is 0.337 e. The molecule has 0 saturated carbocycles. The molecule has 0 bridgehead atoms. The SMILES string of the molecule is O=C(O)c1cc(Br)ccc1NC(=S)NC(=O)c1cccc(Cl)c1Cl. The Bertz CT molecular complexity index is 845. The van der Waals surface area contributed by atoms with Crippen LogP contribution in [0.2, 0.25) is 10.0 Å². The second-order valence-corrected chi connectivity index (χ2v) is 6.61. The number of nitrogens with one attached hydrogen (secondary N) is 2. The van der Waals surface area contributed by atoms with Crippen LogP contribution < -0.4 is 10.6 Å². The first-order valence-electron chi connectivity index (χ1n) is 6.38. The van der Waals surface area contributed by atoms with Gasteiger partial charge in [0.2, 0.25) is 0 Å². The van der Waals surface area contributed by atoms with Gasteiger partial charge in [-0.3, -0.25) is 10.1 Å². The molecule has 1 amide bonds. The van der Waals surface area contributed by atoms with Gasteiger partial charge in [0.05, 0.1) is 26.9 Å². The lowest BCUT2D eigenvalue weighted by molar-refractivity contribution is 0.0697. The number of thiocarbonyl (C=S) groups is 1. The number of aromatic carboxylic acids is 1. The number of carboxylic acid groups (broad SMARTS) is 1. The molecule has 0 saturated heterocycles.